The van der Waals surface area contributed by atoms with Gasteiger partial charge in [-0.3, -0.25) is 4.79 Å². The van der Waals surface area contributed by atoms with Crippen LogP contribution >= 0.6 is 0 Å². The maximum absolute atomic E-state index is 14.1. The summed E-state index contributed by atoms with van der Waals surface area (Å²) in [5.41, 5.74) is 1.60. The fourth-order valence-corrected chi connectivity index (χ4v) is 2.97. The molecule has 1 aliphatic rings. The Labute approximate surface area is 145 Å². The molecule has 1 fully saturated rings. The largest absolute Gasteiger partial charge is 0.369 e. The highest BCUT2D eigenvalue weighted by Gasteiger charge is 2.27. The quantitative estimate of drug-likeness (QED) is 0.926. The van der Waals surface area contributed by atoms with Gasteiger partial charge >= 0.3 is 0 Å². The monoisotopic (exact) mass is 342 g/mol. The van der Waals surface area contributed by atoms with E-state index < -0.39 is 5.82 Å². The molecule has 1 saturated heterocycles. The number of nitrogens with one attached hydrogen (secondary N) is 1. The molecule has 130 valence electrons. The van der Waals surface area contributed by atoms with Crippen molar-refractivity contribution in [1.82, 2.24) is 5.16 Å². The third-order valence-electron chi connectivity index (χ3n) is 4.68. The summed E-state index contributed by atoms with van der Waals surface area (Å²) >= 11 is 0. The molecule has 1 amide bonds. The van der Waals surface area contributed by atoms with Crippen LogP contribution in [0.3, 0.4) is 0 Å². The van der Waals surface area contributed by atoms with Crippen molar-refractivity contribution in [3.63, 3.8) is 0 Å². The van der Waals surface area contributed by atoms with Crippen molar-refractivity contribution in [2.45, 2.75) is 26.7 Å². The van der Waals surface area contributed by atoms with Gasteiger partial charge in [0.15, 0.2) is 5.82 Å². The van der Waals surface area contributed by atoms with Crippen LogP contribution in [0.2, 0.25) is 0 Å². The number of aryl methyl sites for hydroxylation is 1. The van der Waals surface area contributed by atoms with E-state index in [2.05, 4.69) is 10.5 Å². The van der Waals surface area contributed by atoms with E-state index in [1.807, 2.05) is 17.9 Å². The minimum absolute atomic E-state index is 0.0867. The number of hydrogen-bond donors (Lipinski definition) is 1. The average molecular weight is 342 g/mol. The molecule has 0 atom stereocenters. The molecule has 0 saturated carbocycles. The summed E-state index contributed by atoms with van der Waals surface area (Å²) in [5, 5.41) is 15.5. The Kier molecular flexibility index (Phi) is 4.70. The predicted molar refractivity (Wildman–Crippen MR) is 90.7 cm³/mol. The van der Waals surface area contributed by atoms with Crippen molar-refractivity contribution in [3.05, 3.63) is 40.9 Å². The molecule has 1 aromatic heterocycles. The maximum Gasteiger partial charge on any atom is 0.228 e. The summed E-state index contributed by atoms with van der Waals surface area (Å²) in [5.74, 6) is 0.505. The highest BCUT2D eigenvalue weighted by atomic mass is 19.1. The van der Waals surface area contributed by atoms with Gasteiger partial charge in [0.05, 0.1) is 17.3 Å². The van der Waals surface area contributed by atoms with Crippen molar-refractivity contribution in [1.29, 1.82) is 5.26 Å². The topological polar surface area (TPSA) is 82.2 Å². The number of carbonyl (C=O) groups is 1. The number of rotatable bonds is 3. The van der Waals surface area contributed by atoms with Crippen molar-refractivity contribution in [3.8, 4) is 6.07 Å². The molecule has 0 radical (unpaired) electrons. The Morgan fingerprint density at radius 2 is 2.12 bits per heavy atom. The highest BCUT2D eigenvalue weighted by molar-refractivity contribution is 5.92. The number of halogens is 1. The van der Waals surface area contributed by atoms with E-state index in [0.29, 0.717) is 48.8 Å². The fourth-order valence-electron chi connectivity index (χ4n) is 2.97. The normalized spacial score (nSPS) is 15.0. The van der Waals surface area contributed by atoms with E-state index in [1.54, 1.807) is 19.1 Å². The molecule has 6 nitrogen and oxygen atoms in total. The number of hydrogen-bond acceptors (Lipinski definition) is 5. The third kappa shape index (κ3) is 3.48. The van der Waals surface area contributed by atoms with Gasteiger partial charge in [-0.15, -0.1) is 0 Å². The van der Waals surface area contributed by atoms with Crippen LogP contribution in [-0.4, -0.2) is 24.2 Å². The summed E-state index contributed by atoms with van der Waals surface area (Å²) in [6.45, 7) is 4.80. The standard InChI is InChI=1S/C18H19FN4O2/c1-11-12(2)25-22-17(11)21-18(24)14-5-7-23(8-6-14)16-4-3-13(10-20)9-15(16)19/h3-4,9,14H,5-8H2,1-2H3,(H,21,22,24). The van der Waals surface area contributed by atoms with Gasteiger partial charge < -0.3 is 14.7 Å². The second kappa shape index (κ2) is 6.93. The Morgan fingerprint density at radius 1 is 1.40 bits per heavy atom. The second-order valence-electron chi connectivity index (χ2n) is 6.24. The first-order valence-corrected chi connectivity index (χ1v) is 8.18. The van der Waals surface area contributed by atoms with Crippen LogP contribution in [0.1, 0.15) is 29.7 Å². The minimum atomic E-state index is -0.407. The number of carbonyl (C=O) groups excluding carboxylic acids is 1. The smallest absolute Gasteiger partial charge is 0.228 e. The lowest BCUT2D eigenvalue weighted by Crippen LogP contribution is -2.38. The molecule has 7 heteroatoms. The van der Waals surface area contributed by atoms with E-state index in [0.717, 1.165) is 5.56 Å². The summed E-state index contributed by atoms with van der Waals surface area (Å²) < 4.78 is 19.2. The summed E-state index contributed by atoms with van der Waals surface area (Å²) in [6.07, 6.45) is 1.25. The Bertz CT molecular complexity index is 832. The maximum atomic E-state index is 14.1. The lowest BCUT2D eigenvalue weighted by molar-refractivity contribution is -0.120. The summed E-state index contributed by atoms with van der Waals surface area (Å²) in [6, 6.07) is 6.39. The van der Waals surface area contributed by atoms with Crippen molar-refractivity contribution in [2.75, 3.05) is 23.3 Å². The summed E-state index contributed by atoms with van der Waals surface area (Å²) in [7, 11) is 0. The first kappa shape index (κ1) is 17.0. The van der Waals surface area contributed by atoms with Crippen molar-refractivity contribution >= 4 is 17.4 Å². The van der Waals surface area contributed by atoms with E-state index in [1.165, 1.54) is 6.07 Å². The van der Waals surface area contributed by atoms with Gasteiger partial charge in [-0.25, -0.2) is 4.39 Å². The Hall–Kier alpha value is -2.88. The molecule has 1 N–H and O–H groups in total. The Balaban J connectivity index is 1.61. The molecule has 2 aromatic rings. The van der Waals surface area contributed by atoms with Crippen LogP contribution in [0.4, 0.5) is 15.9 Å². The van der Waals surface area contributed by atoms with Crippen LogP contribution < -0.4 is 10.2 Å². The number of aromatic nitrogens is 1. The molecule has 3 rings (SSSR count). The molecule has 1 aliphatic heterocycles. The second-order valence-corrected chi connectivity index (χ2v) is 6.24. The van der Waals surface area contributed by atoms with Crippen molar-refractivity contribution in [2.24, 2.45) is 5.92 Å². The van der Waals surface area contributed by atoms with Crippen molar-refractivity contribution < 1.29 is 13.7 Å². The van der Waals surface area contributed by atoms with E-state index in [9.17, 15) is 9.18 Å². The Morgan fingerprint density at radius 3 is 2.68 bits per heavy atom. The first-order chi connectivity index (χ1) is 12.0. The van der Waals surface area contributed by atoms with E-state index in [-0.39, 0.29) is 11.8 Å². The van der Waals surface area contributed by atoms with Gasteiger partial charge in [0.25, 0.3) is 0 Å². The molecule has 0 aliphatic carbocycles. The van der Waals surface area contributed by atoms with Crippen LogP contribution in [-0.2, 0) is 4.79 Å². The van der Waals surface area contributed by atoms with Crippen LogP contribution in [0.5, 0.6) is 0 Å². The molecule has 1 aromatic carbocycles. The predicted octanol–water partition coefficient (Wildman–Crippen LogP) is 3.16. The fraction of sp³-hybridized carbons (Fsp3) is 0.389. The van der Waals surface area contributed by atoms with Crippen LogP contribution in [0.15, 0.2) is 22.7 Å². The van der Waals surface area contributed by atoms with Gasteiger partial charge in [0.1, 0.15) is 11.6 Å². The zero-order valence-electron chi connectivity index (χ0n) is 14.2. The number of nitriles is 1. The number of anilines is 2. The zero-order valence-corrected chi connectivity index (χ0v) is 14.2. The number of piperidine rings is 1. The zero-order chi connectivity index (χ0) is 18.0. The lowest BCUT2D eigenvalue weighted by Gasteiger charge is -2.33. The molecule has 25 heavy (non-hydrogen) atoms. The number of nitrogens with zero attached hydrogens (tertiary/aromatic N) is 3. The molecule has 0 spiro atoms. The molecule has 0 bridgehead atoms. The SMILES string of the molecule is Cc1onc(NC(=O)C2CCN(c3ccc(C#N)cc3F)CC2)c1C. The van der Waals surface area contributed by atoms with E-state index in [4.69, 9.17) is 9.78 Å². The number of amides is 1. The molecular weight excluding hydrogens is 323 g/mol. The highest BCUT2D eigenvalue weighted by Crippen LogP contribution is 2.27. The van der Waals surface area contributed by atoms with E-state index >= 15 is 0 Å². The van der Waals surface area contributed by atoms with Crippen LogP contribution in [0, 0.1) is 36.9 Å². The average Bonchev–Trinajstić information content (AvgIpc) is 2.94. The van der Waals surface area contributed by atoms with Gasteiger partial charge in [-0.2, -0.15) is 5.26 Å². The van der Waals surface area contributed by atoms with Gasteiger partial charge in [-0.05, 0) is 44.9 Å². The third-order valence-corrected chi connectivity index (χ3v) is 4.68. The molecular formula is C18H19FN4O2. The molecule has 0 unspecified atom stereocenters. The first-order valence-electron chi connectivity index (χ1n) is 8.18. The minimum Gasteiger partial charge on any atom is -0.369 e. The summed E-state index contributed by atoms with van der Waals surface area (Å²) in [4.78, 5) is 14.3. The van der Waals surface area contributed by atoms with Gasteiger partial charge in [0, 0.05) is 24.6 Å². The lowest BCUT2D eigenvalue weighted by atomic mass is 9.95. The number of benzene rings is 1. The van der Waals surface area contributed by atoms with Crippen LogP contribution in [0.25, 0.3) is 0 Å². The van der Waals surface area contributed by atoms with Gasteiger partial charge in [0.2, 0.25) is 5.91 Å². The molecule has 2 heterocycles. The van der Waals surface area contributed by atoms with Gasteiger partial charge in [-0.1, -0.05) is 5.16 Å².